The molecule has 123 heavy (non-hydrogen) atoms. The second-order valence-corrected chi connectivity index (χ2v) is 31.1. The fourth-order valence-corrected chi connectivity index (χ4v) is 15.8. The van der Waals surface area contributed by atoms with Crippen LogP contribution in [0.2, 0.25) is 10.0 Å². The number of methoxy groups -OCH3 is 1. The molecule has 0 saturated carbocycles. The molecule has 654 valence electrons. The Kier molecular flexibility index (Phi) is 27.7. The van der Waals surface area contributed by atoms with Crippen LogP contribution in [0.1, 0.15) is 146 Å². The maximum absolute atomic E-state index is 16.7. The molecule has 37 nitrogen and oxygen atoms in total. The van der Waals surface area contributed by atoms with Crippen molar-refractivity contribution in [3.63, 3.8) is 0 Å². The van der Waals surface area contributed by atoms with Crippen LogP contribution in [0.4, 0.5) is 0 Å². The van der Waals surface area contributed by atoms with E-state index in [1.54, 1.807) is 0 Å². The monoisotopic (exact) mass is 1740 g/mol. The molecule has 39 heteroatoms. The minimum atomic E-state index is -2.45. The van der Waals surface area contributed by atoms with Crippen LogP contribution in [0, 0.1) is 0 Å². The van der Waals surface area contributed by atoms with Gasteiger partial charge in [0, 0.05) is 47.2 Å². The molecule has 0 unspecified atom stereocenters. The van der Waals surface area contributed by atoms with Crippen LogP contribution in [-0.2, 0) is 63.8 Å². The Morgan fingerprint density at radius 3 is 1.85 bits per heavy atom. The Bertz CT molecular complexity index is 5200. The van der Waals surface area contributed by atoms with E-state index < -0.39 is 271 Å². The van der Waals surface area contributed by atoms with E-state index in [0.29, 0.717) is 18.4 Å². The lowest BCUT2D eigenvalue weighted by Gasteiger charge is -2.41. The molecule has 7 amide bonds. The van der Waals surface area contributed by atoms with Crippen LogP contribution >= 0.6 is 23.2 Å². The van der Waals surface area contributed by atoms with Gasteiger partial charge in [0.25, 0.3) is 0 Å². The Morgan fingerprint density at radius 1 is 0.537 bits per heavy atom. The zero-order valence-corrected chi connectivity index (χ0v) is 67.4. The normalized spacial score (nSPS) is 26.3. The minimum Gasteiger partial charge on any atom is -0.508 e. The summed E-state index contributed by atoms with van der Waals surface area (Å²) in [7, 11) is 2.38. The SMILES string of the molecule is CCCCCCCCCCCC(=O)N[C@H]1[C@H](Oc2c3cc4cc2Oc2ccc(cc2Cl)[C@@H](O)[C@@H]2NC(=O)[C@H](NC(=O)[C@@H]4NC(=O)[C@H]4NC(=O)[C@@H](Cc5ccc(cc5)O3)NC(=O)[C@H](NC)c3ccc(O)c(c3)Oc3cc(O)c(Cl)c4c3)c3ccc(O)c(c3)-c3c(O[C@H]4O[C@H](CO)[C@@H](O)[C@H](O)[C@@H]4O)cc(O)cc3[C@@H](C(=O)O)NC2=O)O[C@H](C(=O)OC)[C@@H](O)[C@@H]1O. The molecule has 0 spiro atoms. The summed E-state index contributed by atoms with van der Waals surface area (Å²) in [5.74, 6) is -18.6. The van der Waals surface area contributed by atoms with E-state index in [2.05, 4.69) is 49.5 Å². The lowest BCUT2D eigenvalue weighted by atomic mass is 9.89. The number of carboxylic acids is 1. The largest absolute Gasteiger partial charge is 0.508 e. The highest BCUT2D eigenvalue weighted by Gasteiger charge is 2.52. The number of amides is 7. The number of carbonyl (C=O) groups is 9. The van der Waals surface area contributed by atoms with E-state index in [1.807, 2.05) is 0 Å². The predicted molar refractivity (Wildman–Crippen MR) is 428 cm³/mol. The Balaban J connectivity index is 1.04. The van der Waals surface area contributed by atoms with Gasteiger partial charge in [-0.15, -0.1) is 0 Å². The lowest BCUT2D eigenvalue weighted by molar-refractivity contribution is -0.277. The summed E-state index contributed by atoms with van der Waals surface area (Å²) >= 11 is 14.2. The van der Waals surface area contributed by atoms with Gasteiger partial charge in [-0.1, -0.05) is 112 Å². The van der Waals surface area contributed by atoms with Crippen molar-refractivity contribution >= 4 is 76.5 Å². The number of carbonyl (C=O) groups excluding carboxylic acids is 8. The standard InChI is InChI=1S/C84H90Cl2N8O29/c1-4-5-6-7-8-9-10-11-12-13-57(100)89-66-69(103)71(105)74(82(115)116-3)123-83(66)122-73-54-28-39-29-55(73)119-51-23-18-38(26-46(51)85)67(101)65-80(112)93-64(81(113)114)44-30-40(96)31-53(120-84-72(106)70(104)68(102)56(34-95)121-84)58(44)43-25-36(16-21-48(43)97)61(77(109)94-65)90-78(110)62(39)91-79(111)63-45-32-42(33-50(99)59(45)86)118-52-27-37(17-22-49(52)98)60(87-2)76(108)88-47(75(107)92-63)24-35-14-19-41(117-54)20-15-35/h14-23,25-33,47,56,60-72,74,83-84,87,95-99,101-106H,4-13,24,34H2,1-3H3,(H,88,108)(H,89,100)(H,90,110)(H,91,111)(H,92,107)(H,93,112)(H,94,109)(H,113,114)/t47-,56-,60-,61-,62-,63+,64+,65+,66-,67-,68-,69-,70+,71+,72+,74+,83-,84+/m1/s1. The van der Waals surface area contributed by atoms with Gasteiger partial charge in [-0.25, -0.2) is 9.59 Å². The number of hydrogen-bond acceptors (Lipinski definition) is 29. The van der Waals surface area contributed by atoms with Crippen molar-refractivity contribution in [2.75, 3.05) is 20.8 Å². The maximum Gasteiger partial charge on any atom is 0.337 e. The van der Waals surface area contributed by atoms with Crippen LogP contribution in [0.5, 0.6) is 69.0 Å². The van der Waals surface area contributed by atoms with Crippen molar-refractivity contribution in [1.29, 1.82) is 0 Å². The van der Waals surface area contributed by atoms with E-state index >= 15 is 24.0 Å². The molecule has 20 N–H and O–H groups in total. The molecule has 7 aromatic carbocycles. The van der Waals surface area contributed by atoms with Gasteiger partial charge in [0.15, 0.2) is 35.1 Å². The van der Waals surface area contributed by atoms with E-state index in [9.17, 15) is 80.5 Å². The molecule has 0 aromatic heterocycles. The second-order valence-electron chi connectivity index (χ2n) is 30.3. The van der Waals surface area contributed by atoms with Gasteiger partial charge < -0.3 is 142 Å². The van der Waals surface area contributed by atoms with Crippen LogP contribution < -0.4 is 66.2 Å². The molecule has 2 fully saturated rings. The molecule has 8 heterocycles. The number of aromatic hydroxyl groups is 4. The van der Waals surface area contributed by atoms with Gasteiger partial charge in [0.1, 0.15) is 125 Å². The van der Waals surface area contributed by atoms with Crippen molar-refractivity contribution in [3.8, 4) is 80.1 Å². The number of benzene rings is 7. The third-order valence-electron chi connectivity index (χ3n) is 21.9. The zero-order chi connectivity index (χ0) is 88.1. The molecule has 8 aliphatic rings. The molecule has 18 atom stereocenters. The van der Waals surface area contributed by atoms with E-state index in [0.717, 1.165) is 125 Å². The Hall–Kier alpha value is -11.8. The topological polar surface area (TPSA) is 566 Å². The number of aliphatic hydroxyl groups excluding tert-OH is 7. The third kappa shape index (κ3) is 19.3. The first-order valence-corrected chi connectivity index (χ1v) is 40.2. The van der Waals surface area contributed by atoms with Gasteiger partial charge in [-0.05, 0) is 114 Å². The number of halogens is 2. The summed E-state index contributed by atoms with van der Waals surface area (Å²) in [5, 5.41) is 157. The molecule has 7 aromatic rings. The number of carboxylic acid groups (broad SMARTS) is 1. The Labute approximate surface area is 710 Å². The van der Waals surface area contributed by atoms with Crippen molar-refractivity contribution in [2.24, 2.45) is 0 Å². The number of nitrogens with one attached hydrogen (secondary N) is 8. The average molecular weight is 1750 g/mol. The molecule has 8 aliphatic heterocycles. The third-order valence-corrected chi connectivity index (χ3v) is 22.6. The van der Waals surface area contributed by atoms with E-state index in [4.69, 9.17) is 61.1 Å². The van der Waals surface area contributed by atoms with E-state index in [1.165, 1.54) is 49.5 Å². The number of rotatable bonds is 19. The number of hydrogen-bond donors (Lipinski definition) is 20. The number of phenolic OH excluding ortho intramolecular Hbond substituents is 4. The minimum absolute atomic E-state index is 0.123. The van der Waals surface area contributed by atoms with Gasteiger partial charge in [0.2, 0.25) is 59.7 Å². The zero-order valence-electron chi connectivity index (χ0n) is 65.9. The summed E-state index contributed by atoms with van der Waals surface area (Å²) < 4.78 is 49.4. The maximum atomic E-state index is 16.7. The number of phenols is 4. The second kappa shape index (κ2) is 38.3. The number of fused-ring (bicyclic) bond motifs is 14. The first kappa shape index (κ1) is 88.9. The molecular weight excluding hydrogens is 1660 g/mol. The fraction of sp³-hybridized carbons (Fsp3) is 0.393. The Morgan fingerprint density at radius 2 is 1.17 bits per heavy atom. The van der Waals surface area contributed by atoms with Crippen LogP contribution in [0.25, 0.3) is 11.1 Å². The van der Waals surface area contributed by atoms with Gasteiger partial charge in [-0.3, -0.25) is 33.6 Å². The van der Waals surface area contributed by atoms with Crippen LogP contribution in [0.15, 0.2) is 115 Å². The number of esters is 1. The molecule has 0 aliphatic carbocycles. The van der Waals surface area contributed by atoms with Crippen molar-refractivity contribution in [1.82, 2.24) is 42.5 Å². The molecule has 2 saturated heterocycles. The first-order valence-electron chi connectivity index (χ1n) is 39.4. The van der Waals surface area contributed by atoms with Gasteiger partial charge in [-0.2, -0.15) is 0 Å². The first-order chi connectivity index (χ1) is 58.8. The lowest BCUT2D eigenvalue weighted by Crippen LogP contribution is -2.66. The summed E-state index contributed by atoms with van der Waals surface area (Å²) in [6, 6.07) is 4.82. The fourth-order valence-electron chi connectivity index (χ4n) is 15.3. The molecule has 0 radical (unpaired) electrons. The molecular formula is C84H90Cl2N8O29. The number of ether oxygens (including phenoxy) is 8. The number of aliphatic carboxylic acids is 1. The summed E-state index contributed by atoms with van der Waals surface area (Å²) in [5.41, 5.74) is -3.19. The number of aliphatic hydroxyl groups is 7. The van der Waals surface area contributed by atoms with Crippen molar-refractivity contribution < 1.29 is 142 Å². The highest BCUT2D eigenvalue weighted by atomic mass is 35.5. The smallest absolute Gasteiger partial charge is 0.337 e. The van der Waals surface area contributed by atoms with Gasteiger partial charge >= 0.3 is 11.9 Å². The number of unbranched alkanes of at least 4 members (excludes halogenated alkanes) is 8. The van der Waals surface area contributed by atoms with Crippen molar-refractivity contribution in [3.05, 3.63) is 164 Å². The summed E-state index contributed by atoms with van der Waals surface area (Å²) in [4.78, 5) is 136. The van der Waals surface area contributed by atoms with E-state index in [-0.39, 0.29) is 34.8 Å². The number of likely N-dealkylation sites (N-methyl/N-ethyl adjacent to an activating group) is 1. The quantitative estimate of drug-likeness (QED) is 0.0393. The van der Waals surface area contributed by atoms with Gasteiger partial charge in [0.05, 0.1) is 23.8 Å². The highest BCUT2D eigenvalue weighted by Crippen LogP contribution is 2.50. The summed E-state index contributed by atoms with van der Waals surface area (Å²) in [6.45, 7) is 1.13. The van der Waals surface area contributed by atoms with Crippen LogP contribution in [0.3, 0.4) is 0 Å². The highest BCUT2D eigenvalue weighted by molar-refractivity contribution is 6.33. The molecule has 17 bridgehead atoms. The van der Waals surface area contributed by atoms with Crippen molar-refractivity contribution in [2.45, 2.75) is 187 Å². The molecule has 15 rings (SSSR count). The van der Waals surface area contributed by atoms with Crippen LogP contribution in [-0.4, -0.2) is 209 Å². The predicted octanol–water partition coefficient (Wildman–Crippen LogP) is 4.42. The average Bonchev–Trinajstić information content (AvgIpc) is 0.759. The summed E-state index contributed by atoms with van der Waals surface area (Å²) in [6.07, 6.45) is -13.4.